The van der Waals surface area contributed by atoms with Crippen LogP contribution in [0.15, 0.2) is 41.4 Å². The van der Waals surface area contributed by atoms with Gasteiger partial charge in [-0.3, -0.25) is 4.99 Å². The maximum absolute atomic E-state index is 11.9. The van der Waals surface area contributed by atoms with Gasteiger partial charge in [0.2, 0.25) is 0 Å². The third kappa shape index (κ3) is 6.01. The number of benzene rings is 2. The Kier molecular flexibility index (Phi) is 7.87. The number of guanidine groups is 1. The quantitative estimate of drug-likeness (QED) is 0.437. The topological polar surface area (TPSA) is 72.0 Å². The summed E-state index contributed by atoms with van der Waals surface area (Å²) in [5.41, 5.74) is 5.19. The molecule has 0 fully saturated rings. The molecule has 2 N–H and O–H groups in total. The van der Waals surface area contributed by atoms with Gasteiger partial charge in [0.05, 0.1) is 14.2 Å². The van der Waals surface area contributed by atoms with Crippen LogP contribution in [0, 0.1) is 13.8 Å². The molecule has 6 heteroatoms. The van der Waals surface area contributed by atoms with Gasteiger partial charge in [-0.15, -0.1) is 0 Å². The lowest BCUT2D eigenvalue weighted by Gasteiger charge is -2.14. The molecule has 0 heterocycles. The van der Waals surface area contributed by atoms with E-state index < -0.39 is 5.97 Å². The number of esters is 1. The summed E-state index contributed by atoms with van der Waals surface area (Å²) in [6, 6.07) is 12.0. The van der Waals surface area contributed by atoms with Crippen molar-refractivity contribution in [1.82, 2.24) is 10.6 Å². The molecule has 0 bridgehead atoms. The van der Waals surface area contributed by atoms with Gasteiger partial charge in [-0.2, -0.15) is 0 Å². The minimum atomic E-state index is -0.422. The van der Waals surface area contributed by atoms with Crippen LogP contribution in [-0.4, -0.2) is 39.7 Å². The monoisotopic (exact) mass is 383 g/mol. The zero-order valence-electron chi connectivity index (χ0n) is 17.3. The molecular formula is C22H29N3O3. The van der Waals surface area contributed by atoms with Crippen LogP contribution < -0.4 is 15.4 Å². The molecule has 2 rings (SSSR count). The Hall–Kier alpha value is -3.02. The number of ether oxygens (including phenoxy) is 2. The van der Waals surface area contributed by atoms with E-state index in [9.17, 15) is 4.79 Å². The lowest BCUT2D eigenvalue weighted by Crippen LogP contribution is -2.37. The second-order valence-electron chi connectivity index (χ2n) is 6.62. The Morgan fingerprint density at radius 2 is 1.71 bits per heavy atom. The first-order chi connectivity index (χ1) is 13.5. The van der Waals surface area contributed by atoms with E-state index in [0.29, 0.717) is 23.8 Å². The van der Waals surface area contributed by atoms with Crippen LogP contribution in [-0.2, 0) is 17.7 Å². The predicted octanol–water partition coefficient (Wildman–Crippen LogP) is 3.01. The van der Waals surface area contributed by atoms with E-state index in [2.05, 4.69) is 47.7 Å². The van der Waals surface area contributed by atoms with E-state index in [1.165, 1.54) is 30.9 Å². The summed E-state index contributed by atoms with van der Waals surface area (Å²) in [4.78, 5) is 16.2. The molecule has 0 radical (unpaired) electrons. The molecule has 0 saturated heterocycles. The van der Waals surface area contributed by atoms with Crippen molar-refractivity contribution in [2.24, 2.45) is 4.99 Å². The van der Waals surface area contributed by atoms with Crippen LogP contribution in [0.3, 0.4) is 0 Å². The molecule has 0 aliphatic heterocycles. The van der Waals surface area contributed by atoms with Crippen molar-refractivity contribution in [2.75, 3.05) is 27.8 Å². The first-order valence-corrected chi connectivity index (χ1v) is 9.23. The smallest absolute Gasteiger partial charge is 0.341 e. The van der Waals surface area contributed by atoms with Gasteiger partial charge in [0.15, 0.2) is 5.96 Å². The standard InChI is InChI=1S/C22H29N3O3/c1-15-10-16(2)12-17(11-15)8-9-24-22(23-3)25-14-18-6-7-20(27-4)19(13-18)21(26)28-5/h6-7,10-13H,8-9,14H2,1-5H3,(H2,23,24,25). The van der Waals surface area contributed by atoms with Crippen molar-refractivity contribution in [3.8, 4) is 5.75 Å². The molecule has 0 aromatic heterocycles. The Morgan fingerprint density at radius 3 is 2.32 bits per heavy atom. The van der Waals surface area contributed by atoms with Gasteiger partial charge >= 0.3 is 5.97 Å². The highest BCUT2D eigenvalue weighted by Crippen LogP contribution is 2.20. The third-order valence-corrected chi connectivity index (χ3v) is 4.34. The molecular weight excluding hydrogens is 354 g/mol. The van der Waals surface area contributed by atoms with Gasteiger partial charge in [-0.05, 0) is 43.5 Å². The number of hydrogen-bond acceptors (Lipinski definition) is 4. The first-order valence-electron chi connectivity index (χ1n) is 9.23. The number of nitrogens with one attached hydrogen (secondary N) is 2. The molecule has 6 nitrogen and oxygen atoms in total. The van der Waals surface area contributed by atoms with E-state index in [0.717, 1.165) is 18.5 Å². The van der Waals surface area contributed by atoms with Gasteiger partial charge in [-0.25, -0.2) is 4.79 Å². The average Bonchev–Trinajstić information content (AvgIpc) is 2.69. The summed E-state index contributed by atoms with van der Waals surface area (Å²) < 4.78 is 10.0. The van der Waals surface area contributed by atoms with Crippen LogP contribution in [0.5, 0.6) is 5.75 Å². The van der Waals surface area contributed by atoms with Crippen LogP contribution >= 0.6 is 0 Å². The number of methoxy groups -OCH3 is 2. The number of aliphatic imine (C=N–C) groups is 1. The Morgan fingerprint density at radius 1 is 1.00 bits per heavy atom. The lowest BCUT2D eigenvalue weighted by atomic mass is 10.1. The van der Waals surface area contributed by atoms with E-state index in [4.69, 9.17) is 9.47 Å². The van der Waals surface area contributed by atoms with Crippen molar-refractivity contribution in [1.29, 1.82) is 0 Å². The number of hydrogen-bond donors (Lipinski definition) is 2. The maximum Gasteiger partial charge on any atom is 0.341 e. The van der Waals surface area contributed by atoms with Crippen molar-refractivity contribution in [2.45, 2.75) is 26.8 Å². The molecule has 0 aliphatic rings. The largest absolute Gasteiger partial charge is 0.496 e. The van der Waals surface area contributed by atoms with Crippen LogP contribution in [0.2, 0.25) is 0 Å². The maximum atomic E-state index is 11.9. The number of aryl methyl sites for hydroxylation is 2. The molecule has 0 unspecified atom stereocenters. The normalized spacial score (nSPS) is 11.1. The Labute approximate surface area is 167 Å². The highest BCUT2D eigenvalue weighted by atomic mass is 16.5. The molecule has 0 aliphatic carbocycles. The van der Waals surface area contributed by atoms with Crippen molar-refractivity contribution in [3.05, 3.63) is 64.2 Å². The van der Waals surface area contributed by atoms with E-state index in [1.807, 2.05) is 6.07 Å². The SMILES string of the molecule is CN=C(NCCc1cc(C)cc(C)c1)NCc1ccc(OC)c(C(=O)OC)c1. The van der Waals surface area contributed by atoms with Crippen molar-refractivity contribution >= 4 is 11.9 Å². The minimum Gasteiger partial charge on any atom is -0.496 e. The van der Waals surface area contributed by atoms with E-state index in [1.54, 1.807) is 19.2 Å². The van der Waals surface area contributed by atoms with Crippen LogP contribution in [0.25, 0.3) is 0 Å². The highest BCUT2D eigenvalue weighted by Gasteiger charge is 2.13. The van der Waals surface area contributed by atoms with Gasteiger partial charge in [0.1, 0.15) is 11.3 Å². The Balaban J connectivity index is 1.92. The van der Waals surface area contributed by atoms with Crippen molar-refractivity contribution in [3.63, 3.8) is 0 Å². The fraction of sp³-hybridized carbons (Fsp3) is 0.364. The summed E-state index contributed by atoms with van der Waals surface area (Å²) in [5.74, 6) is 0.779. The number of carbonyl (C=O) groups is 1. The van der Waals surface area contributed by atoms with Gasteiger partial charge in [-0.1, -0.05) is 35.4 Å². The van der Waals surface area contributed by atoms with Gasteiger partial charge in [0, 0.05) is 20.1 Å². The number of nitrogens with zero attached hydrogens (tertiary/aromatic N) is 1. The molecule has 150 valence electrons. The van der Waals surface area contributed by atoms with Crippen molar-refractivity contribution < 1.29 is 14.3 Å². The number of rotatable bonds is 7. The lowest BCUT2D eigenvalue weighted by molar-refractivity contribution is 0.0597. The summed E-state index contributed by atoms with van der Waals surface area (Å²) >= 11 is 0. The third-order valence-electron chi connectivity index (χ3n) is 4.34. The molecule has 2 aromatic carbocycles. The first kappa shape index (κ1) is 21.3. The summed E-state index contributed by atoms with van der Waals surface area (Å²) in [6.45, 7) is 5.53. The fourth-order valence-corrected chi connectivity index (χ4v) is 3.08. The zero-order chi connectivity index (χ0) is 20.5. The average molecular weight is 383 g/mol. The molecule has 0 amide bonds. The molecule has 2 aromatic rings. The molecule has 0 atom stereocenters. The molecule has 0 spiro atoms. The van der Waals surface area contributed by atoms with Crippen LogP contribution in [0.1, 0.15) is 32.6 Å². The van der Waals surface area contributed by atoms with Gasteiger partial charge in [0.25, 0.3) is 0 Å². The second-order valence-corrected chi connectivity index (χ2v) is 6.62. The van der Waals surface area contributed by atoms with Crippen LogP contribution in [0.4, 0.5) is 0 Å². The molecule has 0 saturated carbocycles. The Bertz CT molecular complexity index is 827. The fourth-order valence-electron chi connectivity index (χ4n) is 3.08. The predicted molar refractivity (Wildman–Crippen MR) is 112 cm³/mol. The highest BCUT2D eigenvalue weighted by molar-refractivity contribution is 5.92. The zero-order valence-corrected chi connectivity index (χ0v) is 17.3. The van der Waals surface area contributed by atoms with E-state index in [-0.39, 0.29) is 0 Å². The molecule has 28 heavy (non-hydrogen) atoms. The summed E-state index contributed by atoms with van der Waals surface area (Å²) in [6.07, 6.45) is 0.915. The summed E-state index contributed by atoms with van der Waals surface area (Å²) in [7, 11) is 4.62. The van der Waals surface area contributed by atoms with Gasteiger partial charge < -0.3 is 20.1 Å². The second kappa shape index (κ2) is 10.3. The summed E-state index contributed by atoms with van der Waals surface area (Å²) in [5, 5.41) is 6.58. The number of carbonyl (C=O) groups excluding carboxylic acids is 1. The van der Waals surface area contributed by atoms with E-state index >= 15 is 0 Å². The minimum absolute atomic E-state index is 0.405.